The lowest BCUT2D eigenvalue weighted by Gasteiger charge is -2.31. The number of amides is 1. The van der Waals surface area contributed by atoms with Crippen molar-refractivity contribution in [3.63, 3.8) is 0 Å². The fraction of sp³-hybridized carbons (Fsp3) is 0.464. The minimum absolute atomic E-state index is 0.0768. The average Bonchev–Trinajstić information content (AvgIpc) is 3.59. The first-order valence-corrected chi connectivity index (χ1v) is 15.7. The number of thiazole rings is 1. The molecule has 216 valence electrons. The van der Waals surface area contributed by atoms with Crippen molar-refractivity contribution in [3.8, 4) is 0 Å². The third-order valence-corrected chi connectivity index (χ3v) is 9.77. The molecular formula is C28H35N3O7S2. The zero-order chi connectivity index (χ0) is 28.7. The molecule has 3 aromatic rings. The molecule has 12 heteroatoms. The molecule has 1 unspecified atom stereocenters. The first-order valence-electron chi connectivity index (χ1n) is 13.4. The number of carbonyl (C=O) groups is 2. The molecule has 0 saturated carbocycles. The summed E-state index contributed by atoms with van der Waals surface area (Å²) in [6, 6.07) is 13.1. The summed E-state index contributed by atoms with van der Waals surface area (Å²) in [4.78, 5) is 28.9. The number of aliphatic hydroxyl groups excluding tert-OH is 1. The molecule has 0 aliphatic carbocycles. The van der Waals surface area contributed by atoms with Crippen LogP contribution < -0.4 is 5.32 Å². The number of carbonyl (C=O) groups excluding carboxylic acids is 2. The Kier molecular flexibility index (Phi) is 10.1. The Morgan fingerprint density at radius 2 is 1.95 bits per heavy atom. The van der Waals surface area contributed by atoms with Crippen molar-refractivity contribution in [2.24, 2.45) is 5.92 Å². The number of fused-ring (bicyclic) bond motifs is 1. The van der Waals surface area contributed by atoms with Crippen LogP contribution in [-0.2, 0) is 30.7 Å². The highest BCUT2D eigenvalue weighted by atomic mass is 32.2. The molecule has 1 aliphatic heterocycles. The van der Waals surface area contributed by atoms with Crippen LogP contribution in [0.3, 0.4) is 0 Å². The lowest BCUT2D eigenvalue weighted by atomic mass is 10.0. The number of cyclic esters (lactones) is 1. The summed E-state index contributed by atoms with van der Waals surface area (Å²) >= 11 is 1.35. The maximum Gasteiger partial charge on any atom is 0.408 e. The van der Waals surface area contributed by atoms with Gasteiger partial charge < -0.3 is 19.9 Å². The molecule has 0 spiro atoms. The summed E-state index contributed by atoms with van der Waals surface area (Å²) in [5.41, 5.74) is 3.21. The number of nitrogens with zero attached hydrogens (tertiary/aromatic N) is 2. The summed E-state index contributed by atoms with van der Waals surface area (Å²) in [5, 5.41) is 14.1. The van der Waals surface area contributed by atoms with E-state index in [4.69, 9.17) is 9.47 Å². The fourth-order valence-electron chi connectivity index (χ4n) is 4.64. The van der Waals surface area contributed by atoms with Crippen LogP contribution in [0.4, 0.5) is 4.79 Å². The van der Waals surface area contributed by atoms with E-state index < -0.39 is 40.3 Å². The van der Waals surface area contributed by atoms with Crippen LogP contribution in [-0.4, -0.2) is 72.8 Å². The molecule has 3 atom stereocenters. The summed E-state index contributed by atoms with van der Waals surface area (Å²) in [6.07, 6.45) is -1.16. The van der Waals surface area contributed by atoms with E-state index in [9.17, 15) is 23.1 Å². The van der Waals surface area contributed by atoms with Crippen molar-refractivity contribution in [1.82, 2.24) is 14.6 Å². The predicted octanol–water partition coefficient (Wildman–Crippen LogP) is 3.74. The van der Waals surface area contributed by atoms with E-state index >= 15 is 0 Å². The number of aromatic nitrogens is 1. The highest BCUT2D eigenvalue weighted by molar-refractivity contribution is 7.89. The van der Waals surface area contributed by atoms with Crippen LogP contribution in [0.2, 0.25) is 0 Å². The largest absolute Gasteiger partial charge is 0.463 e. The van der Waals surface area contributed by atoms with E-state index in [2.05, 4.69) is 10.3 Å². The molecule has 1 fully saturated rings. The van der Waals surface area contributed by atoms with Gasteiger partial charge in [-0.2, -0.15) is 4.31 Å². The molecule has 2 aromatic carbocycles. The second-order valence-corrected chi connectivity index (χ2v) is 12.7. The van der Waals surface area contributed by atoms with E-state index in [0.717, 1.165) is 23.1 Å². The number of aliphatic hydroxyl groups is 1. The van der Waals surface area contributed by atoms with E-state index in [0.29, 0.717) is 5.52 Å². The molecule has 1 saturated heterocycles. The van der Waals surface area contributed by atoms with Gasteiger partial charge in [0.05, 0.1) is 39.4 Å². The third-order valence-electron chi connectivity index (χ3n) is 7.15. The van der Waals surface area contributed by atoms with Crippen LogP contribution >= 0.6 is 11.3 Å². The van der Waals surface area contributed by atoms with Crippen LogP contribution in [0, 0.1) is 5.92 Å². The zero-order valence-corrected chi connectivity index (χ0v) is 24.2. The van der Waals surface area contributed by atoms with Crippen molar-refractivity contribution in [2.75, 3.05) is 19.7 Å². The van der Waals surface area contributed by atoms with Crippen LogP contribution in [0.15, 0.2) is 58.9 Å². The maximum absolute atomic E-state index is 13.9. The Hall–Kier alpha value is -3.06. The SMILES string of the molecule is CCC(CC)CN(C[C@@H](O)C(Cc1ccccc1)NC(=O)O[C@H]1CCOC1=O)S(=O)(=O)c1ccc2ncsc2c1. The molecule has 4 rings (SSSR count). The van der Waals surface area contributed by atoms with Crippen LogP contribution in [0.1, 0.15) is 38.7 Å². The summed E-state index contributed by atoms with van der Waals surface area (Å²) in [7, 11) is -3.99. The Bertz CT molecular complexity index is 1390. The summed E-state index contributed by atoms with van der Waals surface area (Å²) in [5.74, 6) is -0.538. The van der Waals surface area contributed by atoms with Gasteiger partial charge >= 0.3 is 12.1 Å². The van der Waals surface area contributed by atoms with Gasteiger partial charge in [-0.3, -0.25) is 0 Å². The smallest absolute Gasteiger partial charge is 0.408 e. The molecule has 1 aromatic heterocycles. The summed E-state index contributed by atoms with van der Waals surface area (Å²) in [6.45, 7) is 4.14. The van der Waals surface area contributed by atoms with E-state index in [1.807, 2.05) is 44.2 Å². The number of esters is 1. The monoisotopic (exact) mass is 589 g/mol. The van der Waals surface area contributed by atoms with Crippen LogP contribution in [0.25, 0.3) is 10.2 Å². The van der Waals surface area contributed by atoms with Crippen molar-refractivity contribution in [2.45, 2.75) is 62.7 Å². The Balaban J connectivity index is 1.59. The first kappa shape index (κ1) is 29.9. The van der Waals surface area contributed by atoms with Crippen molar-refractivity contribution < 1.29 is 32.6 Å². The third kappa shape index (κ3) is 7.36. The molecule has 1 amide bonds. The second-order valence-electron chi connectivity index (χ2n) is 9.84. The standard InChI is InChI=1S/C28H35N3O7S2/c1-3-19(4-2)16-31(40(35,36)21-10-11-22-26(15-21)39-18-29-22)17-24(32)23(14-20-8-6-5-7-9-20)30-28(34)38-25-12-13-37-27(25)33/h5-11,15,18-19,23-25,32H,3-4,12-14,16-17H2,1-2H3,(H,30,34)/t23?,24-,25+/m1/s1. The van der Waals surface area contributed by atoms with Gasteiger partial charge in [-0.25, -0.2) is 23.0 Å². The van der Waals surface area contributed by atoms with Gasteiger partial charge in [0.1, 0.15) is 0 Å². The Morgan fingerprint density at radius 3 is 2.62 bits per heavy atom. The Morgan fingerprint density at radius 1 is 1.20 bits per heavy atom. The van der Waals surface area contributed by atoms with Crippen molar-refractivity contribution in [3.05, 3.63) is 59.6 Å². The predicted molar refractivity (Wildman–Crippen MR) is 151 cm³/mol. The van der Waals surface area contributed by atoms with Crippen LogP contribution in [0.5, 0.6) is 0 Å². The van der Waals surface area contributed by atoms with E-state index in [1.165, 1.54) is 21.7 Å². The van der Waals surface area contributed by atoms with Crippen molar-refractivity contribution in [1.29, 1.82) is 0 Å². The normalized spacial score (nSPS) is 17.2. The maximum atomic E-state index is 13.9. The highest BCUT2D eigenvalue weighted by Gasteiger charge is 2.34. The number of ether oxygens (including phenoxy) is 2. The van der Waals surface area contributed by atoms with Gasteiger partial charge in [0, 0.05) is 19.5 Å². The van der Waals surface area contributed by atoms with Crippen molar-refractivity contribution >= 4 is 43.6 Å². The molecule has 2 heterocycles. The van der Waals surface area contributed by atoms with E-state index in [-0.39, 0.29) is 43.4 Å². The minimum atomic E-state index is -3.99. The number of nitrogens with one attached hydrogen (secondary N) is 1. The quantitative estimate of drug-likeness (QED) is 0.288. The molecule has 1 aliphatic rings. The average molecular weight is 590 g/mol. The first-order chi connectivity index (χ1) is 19.2. The number of hydrogen-bond acceptors (Lipinski definition) is 9. The highest BCUT2D eigenvalue weighted by Crippen LogP contribution is 2.26. The number of alkyl carbamates (subject to hydrolysis) is 1. The lowest BCUT2D eigenvalue weighted by Crippen LogP contribution is -2.51. The molecule has 10 nitrogen and oxygen atoms in total. The lowest BCUT2D eigenvalue weighted by molar-refractivity contribution is -0.144. The number of sulfonamides is 1. The zero-order valence-electron chi connectivity index (χ0n) is 22.6. The van der Waals surface area contributed by atoms with E-state index in [1.54, 1.807) is 17.6 Å². The molecular weight excluding hydrogens is 554 g/mol. The number of hydrogen-bond donors (Lipinski definition) is 2. The van der Waals surface area contributed by atoms with Gasteiger partial charge in [-0.1, -0.05) is 57.0 Å². The fourth-order valence-corrected chi connectivity index (χ4v) is 6.99. The Labute approximate surface area is 238 Å². The topological polar surface area (TPSA) is 135 Å². The van der Waals surface area contributed by atoms with Gasteiger partial charge in [-0.15, -0.1) is 11.3 Å². The minimum Gasteiger partial charge on any atom is -0.463 e. The summed E-state index contributed by atoms with van der Waals surface area (Å²) < 4.78 is 40.0. The second kappa shape index (κ2) is 13.5. The molecule has 40 heavy (non-hydrogen) atoms. The van der Waals surface area contributed by atoms with Gasteiger partial charge in [-0.05, 0) is 36.1 Å². The number of rotatable bonds is 13. The van der Waals surface area contributed by atoms with Gasteiger partial charge in [0.2, 0.25) is 16.1 Å². The molecule has 2 N–H and O–H groups in total. The van der Waals surface area contributed by atoms with Gasteiger partial charge in [0.15, 0.2) is 0 Å². The molecule has 0 radical (unpaired) electrons. The van der Waals surface area contributed by atoms with Gasteiger partial charge in [0.25, 0.3) is 0 Å². The number of benzene rings is 2. The molecule has 0 bridgehead atoms.